The molecule has 0 bridgehead atoms. The van der Waals surface area contributed by atoms with E-state index < -0.39 is 0 Å². The second-order valence-corrected chi connectivity index (χ2v) is 10.9. The Labute approximate surface area is 257 Å². The van der Waals surface area contributed by atoms with Gasteiger partial charge in [0.25, 0.3) is 5.91 Å². The molecule has 0 atom stereocenters. The molecular formula is C33H27N7O3S. The van der Waals surface area contributed by atoms with Gasteiger partial charge in [0.2, 0.25) is 0 Å². The van der Waals surface area contributed by atoms with Crippen LogP contribution in [0.15, 0.2) is 96.5 Å². The molecular weight excluding hydrogens is 574 g/mol. The van der Waals surface area contributed by atoms with Crippen molar-refractivity contribution in [3.8, 4) is 34.1 Å². The second kappa shape index (κ2) is 12.0. The van der Waals surface area contributed by atoms with E-state index in [1.165, 1.54) is 11.3 Å². The minimum atomic E-state index is -0.166. The number of imidazole rings is 1. The van der Waals surface area contributed by atoms with Crippen molar-refractivity contribution in [1.82, 2.24) is 24.5 Å². The van der Waals surface area contributed by atoms with Crippen LogP contribution in [0.25, 0.3) is 22.6 Å². The van der Waals surface area contributed by atoms with Crippen molar-refractivity contribution in [2.24, 2.45) is 0 Å². The molecule has 0 saturated heterocycles. The minimum absolute atomic E-state index is 0.166. The zero-order chi connectivity index (χ0) is 29.9. The maximum absolute atomic E-state index is 13.2. The van der Waals surface area contributed by atoms with Crippen LogP contribution in [0.2, 0.25) is 0 Å². The van der Waals surface area contributed by atoms with Crippen LogP contribution < -0.4 is 20.1 Å². The smallest absolute Gasteiger partial charge is 0.257 e. The second-order valence-electron chi connectivity index (χ2n) is 10.2. The van der Waals surface area contributed by atoms with Crippen LogP contribution in [-0.2, 0) is 19.6 Å². The van der Waals surface area contributed by atoms with Gasteiger partial charge >= 0.3 is 0 Å². The summed E-state index contributed by atoms with van der Waals surface area (Å²) in [6.45, 7) is 1.09. The van der Waals surface area contributed by atoms with E-state index in [4.69, 9.17) is 9.47 Å². The Morgan fingerprint density at radius 1 is 0.864 bits per heavy atom. The predicted molar refractivity (Wildman–Crippen MR) is 170 cm³/mol. The molecule has 0 aliphatic carbocycles. The number of rotatable bonds is 9. The van der Waals surface area contributed by atoms with Gasteiger partial charge in [0, 0.05) is 30.5 Å². The first-order valence-corrected chi connectivity index (χ1v) is 14.9. The molecule has 4 heterocycles. The molecule has 3 aromatic carbocycles. The van der Waals surface area contributed by atoms with Gasteiger partial charge in [-0.1, -0.05) is 18.2 Å². The predicted octanol–water partition coefficient (Wildman–Crippen LogP) is 6.60. The molecule has 0 spiro atoms. The van der Waals surface area contributed by atoms with Crippen molar-refractivity contribution in [3.05, 3.63) is 113 Å². The van der Waals surface area contributed by atoms with Crippen LogP contribution in [0.5, 0.6) is 11.5 Å². The van der Waals surface area contributed by atoms with E-state index in [1.54, 1.807) is 37.4 Å². The van der Waals surface area contributed by atoms with Gasteiger partial charge in [-0.25, -0.2) is 19.9 Å². The van der Waals surface area contributed by atoms with Crippen LogP contribution in [0.3, 0.4) is 0 Å². The maximum Gasteiger partial charge on any atom is 0.257 e. The summed E-state index contributed by atoms with van der Waals surface area (Å²) >= 11 is 1.53. The molecule has 10 nitrogen and oxygen atoms in total. The van der Waals surface area contributed by atoms with Crippen LogP contribution in [0.1, 0.15) is 21.6 Å². The highest BCUT2D eigenvalue weighted by Gasteiger charge is 2.20. The van der Waals surface area contributed by atoms with Crippen molar-refractivity contribution >= 4 is 34.3 Å². The highest BCUT2D eigenvalue weighted by Crippen LogP contribution is 2.38. The normalized spacial score (nSPS) is 12.0. The van der Waals surface area contributed by atoms with E-state index in [9.17, 15) is 4.79 Å². The van der Waals surface area contributed by atoms with Gasteiger partial charge in [-0.05, 0) is 65.6 Å². The Balaban J connectivity index is 1.07. The summed E-state index contributed by atoms with van der Waals surface area (Å²) in [6.07, 6.45) is 7.89. The summed E-state index contributed by atoms with van der Waals surface area (Å²) in [4.78, 5) is 30.5. The molecule has 1 amide bonds. The van der Waals surface area contributed by atoms with Crippen LogP contribution in [-0.4, -0.2) is 37.5 Å². The summed E-state index contributed by atoms with van der Waals surface area (Å²) in [5.74, 6) is 1.69. The van der Waals surface area contributed by atoms with Crippen LogP contribution in [0, 0.1) is 0 Å². The number of hydrogen-bond acceptors (Lipinski definition) is 9. The lowest BCUT2D eigenvalue weighted by molar-refractivity contribution is 0.102. The molecule has 1 aliphatic heterocycles. The number of aromatic nitrogens is 5. The van der Waals surface area contributed by atoms with Gasteiger partial charge in [-0.2, -0.15) is 0 Å². The number of anilines is 3. The SMILES string of the molecule is COc1cc(-c2ccc3c(c2)Nc2ccc(CCn4cnc(-c5ncccn5)c4)cc2NC3=O)ccc1OCc1cscn1. The molecule has 1 aliphatic rings. The first kappa shape index (κ1) is 27.3. The number of amides is 1. The molecule has 0 unspecified atom stereocenters. The lowest BCUT2D eigenvalue weighted by atomic mass is 10.0. The Morgan fingerprint density at radius 2 is 1.73 bits per heavy atom. The van der Waals surface area contributed by atoms with E-state index >= 15 is 0 Å². The first-order chi connectivity index (χ1) is 21.6. The molecule has 6 aromatic rings. The molecule has 0 saturated carbocycles. The van der Waals surface area contributed by atoms with Gasteiger partial charge in [0.05, 0.1) is 47.3 Å². The van der Waals surface area contributed by atoms with Gasteiger partial charge in [0.15, 0.2) is 17.3 Å². The molecule has 11 heteroatoms. The third-order valence-corrected chi connectivity index (χ3v) is 7.94. The molecule has 2 N–H and O–H groups in total. The van der Waals surface area contributed by atoms with E-state index in [-0.39, 0.29) is 5.91 Å². The Morgan fingerprint density at radius 3 is 2.57 bits per heavy atom. The number of ether oxygens (including phenoxy) is 2. The van der Waals surface area contributed by atoms with Crippen molar-refractivity contribution < 1.29 is 14.3 Å². The lowest BCUT2D eigenvalue weighted by Gasteiger charge is -2.14. The van der Waals surface area contributed by atoms with Gasteiger partial charge < -0.3 is 24.7 Å². The van der Waals surface area contributed by atoms with Crippen molar-refractivity contribution in [1.29, 1.82) is 0 Å². The number of carbonyl (C=O) groups excluding carboxylic acids is 1. The number of methoxy groups -OCH3 is 1. The Kier molecular flexibility index (Phi) is 7.43. The number of carbonyl (C=O) groups is 1. The number of fused-ring (bicyclic) bond motifs is 2. The average Bonchev–Trinajstić information content (AvgIpc) is 3.74. The van der Waals surface area contributed by atoms with Gasteiger partial charge in [-0.15, -0.1) is 11.3 Å². The summed E-state index contributed by atoms with van der Waals surface area (Å²) in [5, 5.41) is 8.50. The number of aryl methyl sites for hydroxylation is 2. The van der Waals surface area contributed by atoms with E-state index in [0.29, 0.717) is 29.5 Å². The van der Waals surface area contributed by atoms with E-state index in [2.05, 4.69) is 36.6 Å². The Bertz CT molecular complexity index is 1940. The number of nitrogens with one attached hydrogen (secondary N) is 2. The largest absolute Gasteiger partial charge is 0.493 e. The van der Waals surface area contributed by atoms with E-state index in [1.807, 2.05) is 64.7 Å². The highest BCUT2D eigenvalue weighted by atomic mass is 32.1. The topological polar surface area (TPSA) is 116 Å². The summed E-state index contributed by atoms with van der Waals surface area (Å²) in [5.41, 5.74) is 9.20. The summed E-state index contributed by atoms with van der Waals surface area (Å²) < 4.78 is 13.6. The molecule has 7 rings (SSSR count). The molecule has 44 heavy (non-hydrogen) atoms. The van der Waals surface area contributed by atoms with Gasteiger partial charge in [-0.3, -0.25) is 4.79 Å². The third-order valence-electron chi connectivity index (χ3n) is 7.31. The number of thiazole rings is 1. The number of benzene rings is 3. The average molecular weight is 602 g/mol. The van der Waals surface area contributed by atoms with Crippen molar-refractivity contribution in [2.45, 2.75) is 19.6 Å². The zero-order valence-electron chi connectivity index (χ0n) is 23.7. The highest BCUT2D eigenvalue weighted by molar-refractivity contribution is 7.07. The molecule has 0 fully saturated rings. The summed E-state index contributed by atoms with van der Waals surface area (Å²) in [7, 11) is 1.62. The van der Waals surface area contributed by atoms with Gasteiger partial charge in [0.1, 0.15) is 12.3 Å². The fraction of sp³-hybridized carbons (Fsp3) is 0.121. The maximum atomic E-state index is 13.2. The molecule has 3 aromatic heterocycles. The molecule has 218 valence electrons. The Hall–Kier alpha value is -5.55. The van der Waals surface area contributed by atoms with E-state index in [0.717, 1.165) is 58.1 Å². The fourth-order valence-corrected chi connectivity index (χ4v) is 5.58. The quantitative estimate of drug-likeness (QED) is 0.190. The summed E-state index contributed by atoms with van der Waals surface area (Å²) in [6, 6.07) is 19.4. The number of hydrogen-bond donors (Lipinski definition) is 2. The van der Waals surface area contributed by atoms with Crippen LogP contribution in [0.4, 0.5) is 17.1 Å². The van der Waals surface area contributed by atoms with Crippen molar-refractivity contribution in [3.63, 3.8) is 0 Å². The first-order valence-electron chi connectivity index (χ1n) is 14.0. The third kappa shape index (κ3) is 5.72. The van der Waals surface area contributed by atoms with Crippen molar-refractivity contribution in [2.75, 3.05) is 17.7 Å². The lowest BCUT2D eigenvalue weighted by Crippen LogP contribution is -2.11. The minimum Gasteiger partial charge on any atom is -0.493 e. The zero-order valence-corrected chi connectivity index (χ0v) is 24.5. The van der Waals surface area contributed by atoms with Crippen LogP contribution >= 0.6 is 11.3 Å². The standard InChI is InChI=1S/C33H27N7O3S/c1-42-31-15-23(5-8-30(31)43-17-24-18-44-20-37-24)22-4-6-25-27(14-22)38-26-7-3-21(13-28(26)39-33(25)41)9-12-40-16-29(36-19-40)32-34-10-2-11-35-32/h2-8,10-11,13-16,18-20,38H,9,12,17H2,1H3,(H,39,41). The number of nitrogens with zero attached hydrogens (tertiary/aromatic N) is 5. The molecule has 0 radical (unpaired) electrons. The fourth-order valence-electron chi connectivity index (χ4n) is 5.03. The monoisotopic (exact) mass is 601 g/mol.